The van der Waals surface area contributed by atoms with Crippen molar-refractivity contribution in [1.29, 1.82) is 0 Å². The van der Waals surface area contributed by atoms with Crippen LogP contribution in [0.2, 0.25) is 0 Å². The highest BCUT2D eigenvalue weighted by atomic mass is 32.2. The van der Waals surface area contributed by atoms with Gasteiger partial charge in [0, 0.05) is 11.5 Å². The van der Waals surface area contributed by atoms with Crippen LogP contribution in [0, 0.1) is 5.92 Å². The lowest BCUT2D eigenvalue weighted by Crippen LogP contribution is -2.58. The topological polar surface area (TPSA) is 32.3 Å². The molecule has 0 aromatic heterocycles. The van der Waals surface area contributed by atoms with Gasteiger partial charge in [-0.05, 0) is 5.92 Å². The summed E-state index contributed by atoms with van der Waals surface area (Å²) in [6.07, 6.45) is 0. The van der Waals surface area contributed by atoms with E-state index in [-0.39, 0.29) is 5.54 Å². The van der Waals surface area contributed by atoms with Crippen molar-refractivity contribution in [3.8, 4) is 0 Å². The van der Waals surface area contributed by atoms with E-state index < -0.39 is 0 Å². The molecule has 0 saturated carbocycles. The Balaban J connectivity index is 2.46. The van der Waals surface area contributed by atoms with Crippen LogP contribution in [0.25, 0.3) is 0 Å². The molecule has 0 amide bonds. The van der Waals surface area contributed by atoms with E-state index in [4.69, 9.17) is 5.21 Å². The Hall–Kier alpha value is 0.270. The van der Waals surface area contributed by atoms with Crippen LogP contribution < -0.4 is 5.48 Å². The Kier molecular flexibility index (Phi) is 2.03. The summed E-state index contributed by atoms with van der Waals surface area (Å²) in [7, 11) is 0. The lowest BCUT2D eigenvalue weighted by Gasteiger charge is -2.43. The molecule has 1 saturated heterocycles. The Morgan fingerprint density at radius 3 is 2.11 bits per heavy atom. The molecule has 9 heavy (non-hydrogen) atoms. The maximum Gasteiger partial charge on any atom is 0.0632 e. The van der Waals surface area contributed by atoms with Crippen molar-refractivity contribution in [3.63, 3.8) is 0 Å². The molecule has 0 atom stereocenters. The summed E-state index contributed by atoms with van der Waals surface area (Å²) in [6, 6.07) is 0. The maximum absolute atomic E-state index is 8.74. The van der Waals surface area contributed by atoms with E-state index in [0.29, 0.717) is 5.92 Å². The molecule has 0 aromatic rings. The van der Waals surface area contributed by atoms with Crippen LogP contribution in [0.1, 0.15) is 13.8 Å². The summed E-state index contributed by atoms with van der Waals surface area (Å²) in [5.41, 5.74) is 2.43. The summed E-state index contributed by atoms with van der Waals surface area (Å²) in [5.74, 6) is 2.62. The molecular weight excluding hydrogens is 134 g/mol. The van der Waals surface area contributed by atoms with Crippen molar-refractivity contribution < 1.29 is 5.21 Å². The van der Waals surface area contributed by atoms with Gasteiger partial charge < -0.3 is 5.21 Å². The van der Waals surface area contributed by atoms with Gasteiger partial charge in [0.05, 0.1) is 5.54 Å². The molecule has 0 aromatic carbocycles. The average molecular weight is 147 g/mol. The number of nitrogens with one attached hydrogen (secondary N) is 1. The van der Waals surface area contributed by atoms with Gasteiger partial charge >= 0.3 is 0 Å². The van der Waals surface area contributed by atoms with Crippen LogP contribution in [-0.4, -0.2) is 22.3 Å². The van der Waals surface area contributed by atoms with Gasteiger partial charge in [-0.1, -0.05) is 13.8 Å². The van der Waals surface area contributed by atoms with Crippen molar-refractivity contribution in [2.24, 2.45) is 5.92 Å². The molecule has 0 radical (unpaired) electrons. The van der Waals surface area contributed by atoms with Crippen LogP contribution >= 0.6 is 11.8 Å². The number of thioether (sulfide) groups is 1. The second kappa shape index (κ2) is 2.48. The Morgan fingerprint density at radius 2 is 2.11 bits per heavy atom. The molecule has 2 N–H and O–H groups in total. The van der Waals surface area contributed by atoms with Crippen LogP contribution in [0.15, 0.2) is 0 Å². The summed E-state index contributed by atoms with van der Waals surface area (Å²) < 4.78 is 0. The average Bonchev–Trinajstić information content (AvgIpc) is 1.62. The first-order valence-corrected chi connectivity index (χ1v) is 4.36. The van der Waals surface area contributed by atoms with Crippen LogP contribution in [0.3, 0.4) is 0 Å². The summed E-state index contributed by atoms with van der Waals surface area (Å²) in [6.45, 7) is 4.26. The lowest BCUT2D eigenvalue weighted by molar-refractivity contribution is 0.0540. The molecule has 0 bridgehead atoms. The third-order valence-electron chi connectivity index (χ3n) is 2.05. The smallest absolute Gasteiger partial charge is 0.0632 e. The first kappa shape index (κ1) is 7.38. The van der Waals surface area contributed by atoms with Crippen molar-refractivity contribution in [1.82, 2.24) is 5.48 Å². The zero-order valence-electron chi connectivity index (χ0n) is 5.85. The number of rotatable bonds is 2. The van der Waals surface area contributed by atoms with Crippen LogP contribution in [0.4, 0.5) is 0 Å². The second-order valence-corrected chi connectivity index (χ2v) is 3.90. The largest absolute Gasteiger partial charge is 0.316 e. The second-order valence-electron chi connectivity index (χ2n) is 2.92. The standard InChI is InChI=1S/C6H13NOS/c1-5(2)6(7-8)3-9-4-6/h5,7-8H,3-4H2,1-2H3. The fourth-order valence-corrected chi connectivity index (χ4v) is 2.29. The molecule has 1 aliphatic heterocycles. The van der Waals surface area contributed by atoms with Crippen molar-refractivity contribution in [2.75, 3.05) is 11.5 Å². The molecular formula is C6H13NOS. The molecule has 0 unspecified atom stereocenters. The first-order chi connectivity index (χ1) is 4.21. The summed E-state index contributed by atoms with van der Waals surface area (Å²) in [4.78, 5) is 0. The monoisotopic (exact) mass is 147 g/mol. The van der Waals surface area contributed by atoms with Gasteiger partial charge in [-0.25, -0.2) is 0 Å². The Bertz CT molecular complexity index is 95.7. The SMILES string of the molecule is CC(C)C1(NO)CSC1. The van der Waals surface area contributed by atoms with Gasteiger partial charge in [0.2, 0.25) is 0 Å². The van der Waals surface area contributed by atoms with Crippen LogP contribution in [-0.2, 0) is 0 Å². The quantitative estimate of drug-likeness (QED) is 0.574. The maximum atomic E-state index is 8.74. The fourth-order valence-electron chi connectivity index (χ4n) is 0.849. The van der Waals surface area contributed by atoms with E-state index in [1.807, 2.05) is 11.8 Å². The van der Waals surface area contributed by atoms with Gasteiger partial charge in [-0.2, -0.15) is 17.2 Å². The minimum absolute atomic E-state index is 0.0324. The van der Waals surface area contributed by atoms with Crippen molar-refractivity contribution in [2.45, 2.75) is 19.4 Å². The predicted molar refractivity (Wildman–Crippen MR) is 39.8 cm³/mol. The molecule has 1 aliphatic rings. The zero-order chi connectivity index (χ0) is 6.91. The van der Waals surface area contributed by atoms with Crippen molar-refractivity contribution >= 4 is 11.8 Å². The summed E-state index contributed by atoms with van der Waals surface area (Å²) in [5, 5.41) is 8.74. The number of hydrogen-bond donors (Lipinski definition) is 2. The van der Waals surface area contributed by atoms with E-state index in [2.05, 4.69) is 19.3 Å². The molecule has 1 rings (SSSR count). The molecule has 1 heterocycles. The van der Waals surface area contributed by atoms with Gasteiger partial charge in [0.25, 0.3) is 0 Å². The molecule has 0 spiro atoms. The van der Waals surface area contributed by atoms with E-state index in [1.54, 1.807) is 0 Å². The van der Waals surface area contributed by atoms with E-state index in [9.17, 15) is 0 Å². The third-order valence-corrected chi connectivity index (χ3v) is 3.49. The van der Waals surface area contributed by atoms with Gasteiger partial charge in [-0.15, -0.1) is 0 Å². The third kappa shape index (κ3) is 1.09. The van der Waals surface area contributed by atoms with E-state index in [1.165, 1.54) is 0 Å². The Morgan fingerprint density at radius 1 is 1.56 bits per heavy atom. The molecule has 54 valence electrons. The van der Waals surface area contributed by atoms with E-state index >= 15 is 0 Å². The molecule has 3 heteroatoms. The fraction of sp³-hybridized carbons (Fsp3) is 1.00. The highest BCUT2D eigenvalue weighted by Crippen LogP contribution is 2.34. The highest BCUT2D eigenvalue weighted by molar-refractivity contribution is 8.00. The van der Waals surface area contributed by atoms with Crippen LogP contribution in [0.5, 0.6) is 0 Å². The zero-order valence-corrected chi connectivity index (χ0v) is 6.66. The number of hydroxylamine groups is 1. The molecule has 0 aliphatic carbocycles. The van der Waals surface area contributed by atoms with Gasteiger partial charge in [0.1, 0.15) is 0 Å². The lowest BCUT2D eigenvalue weighted by atomic mass is 9.90. The van der Waals surface area contributed by atoms with Crippen molar-refractivity contribution in [3.05, 3.63) is 0 Å². The minimum atomic E-state index is 0.0324. The number of hydrogen-bond acceptors (Lipinski definition) is 3. The first-order valence-electron chi connectivity index (χ1n) is 3.20. The minimum Gasteiger partial charge on any atom is -0.316 e. The normalized spacial score (nSPS) is 24.0. The molecule has 2 nitrogen and oxygen atoms in total. The summed E-state index contributed by atoms with van der Waals surface area (Å²) >= 11 is 1.87. The highest BCUT2D eigenvalue weighted by Gasteiger charge is 2.40. The molecule has 1 fully saturated rings. The van der Waals surface area contributed by atoms with E-state index in [0.717, 1.165) is 11.5 Å². The Labute approximate surface area is 60.0 Å². The predicted octanol–water partition coefficient (Wildman–Crippen LogP) is 1.11. The van der Waals surface area contributed by atoms with Gasteiger partial charge in [-0.3, -0.25) is 0 Å². The van der Waals surface area contributed by atoms with Gasteiger partial charge in [0.15, 0.2) is 0 Å².